The second-order valence-corrected chi connectivity index (χ2v) is 10.1. The molecule has 9 heteroatoms. The first-order valence-corrected chi connectivity index (χ1v) is 11.9. The van der Waals surface area contributed by atoms with Gasteiger partial charge in [-0.3, -0.25) is 9.69 Å². The van der Waals surface area contributed by atoms with Gasteiger partial charge in [0.05, 0.1) is 20.8 Å². The van der Waals surface area contributed by atoms with Crippen LogP contribution in [0, 0.1) is 5.92 Å². The third kappa shape index (κ3) is 7.01. The minimum Gasteiger partial charge on any atom is -0.493 e. The molecule has 1 aromatic rings. The molecule has 1 atom stereocenters. The smallest absolute Gasteiger partial charge is 0.407 e. The lowest BCUT2D eigenvalue weighted by molar-refractivity contribution is -0.130. The van der Waals surface area contributed by atoms with Crippen molar-refractivity contribution in [2.45, 2.75) is 83.5 Å². The van der Waals surface area contributed by atoms with Crippen molar-refractivity contribution in [3.05, 3.63) is 23.8 Å². The summed E-state index contributed by atoms with van der Waals surface area (Å²) in [5.74, 6) is 1.38. The van der Waals surface area contributed by atoms with Gasteiger partial charge >= 0.3 is 12.1 Å². The van der Waals surface area contributed by atoms with Crippen LogP contribution >= 0.6 is 0 Å². The van der Waals surface area contributed by atoms with Crippen molar-refractivity contribution in [1.29, 1.82) is 0 Å². The van der Waals surface area contributed by atoms with Gasteiger partial charge in [0.25, 0.3) is 0 Å². The number of alkyl carbamates (subject to hydrolysis) is 1. The van der Waals surface area contributed by atoms with E-state index in [0.29, 0.717) is 17.4 Å². The number of benzene rings is 1. The highest BCUT2D eigenvalue weighted by molar-refractivity contribution is 5.97. The predicted octanol–water partition coefficient (Wildman–Crippen LogP) is 3.99. The zero-order valence-electron chi connectivity index (χ0n) is 20.8. The first-order valence-electron chi connectivity index (χ1n) is 11.9. The SMILES string of the molecule is COc1ccc(CN2C(=O)C[C@H](CC3CCC(NC(=O)OC(C)(C)C)CC3)NC2=O)cc1OC. The molecule has 2 aliphatic rings. The maximum atomic E-state index is 12.8. The summed E-state index contributed by atoms with van der Waals surface area (Å²) in [5, 5.41) is 5.95. The summed E-state index contributed by atoms with van der Waals surface area (Å²) in [6.07, 6.45) is 4.28. The molecule has 3 rings (SSSR count). The molecule has 34 heavy (non-hydrogen) atoms. The van der Waals surface area contributed by atoms with Crippen LogP contribution in [0.25, 0.3) is 0 Å². The Morgan fingerprint density at radius 1 is 1.09 bits per heavy atom. The number of ether oxygens (including phenoxy) is 3. The van der Waals surface area contributed by atoms with Gasteiger partial charge in [0.2, 0.25) is 5.91 Å². The van der Waals surface area contributed by atoms with Crippen LogP contribution in [0.5, 0.6) is 11.5 Å². The molecule has 0 aromatic heterocycles. The van der Waals surface area contributed by atoms with Crippen LogP contribution in [-0.4, -0.2) is 54.8 Å². The minimum absolute atomic E-state index is 0.102. The van der Waals surface area contributed by atoms with Crippen molar-refractivity contribution in [1.82, 2.24) is 15.5 Å². The van der Waals surface area contributed by atoms with E-state index in [4.69, 9.17) is 14.2 Å². The van der Waals surface area contributed by atoms with Crippen LogP contribution in [0.2, 0.25) is 0 Å². The Morgan fingerprint density at radius 3 is 2.35 bits per heavy atom. The second kappa shape index (κ2) is 11.0. The maximum absolute atomic E-state index is 12.8. The number of hydrogen-bond donors (Lipinski definition) is 2. The Labute approximate surface area is 201 Å². The van der Waals surface area contributed by atoms with E-state index in [9.17, 15) is 14.4 Å². The average Bonchev–Trinajstić information content (AvgIpc) is 2.76. The Bertz CT molecular complexity index is 871. The number of nitrogens with one attached hydrogen (secondary N) is 2. The minimum atomic E-state index is -0.514. The first kappa shape index (κ1) is 25.6. The largest absolute Gasteiger partial charge is 0.493 e. The zero-order chi connectivity index (χ0) is 24.9. The average molecular weight is 476 g/mol. The quantitative estimate of drug-likeness (QED) is 0.618. The Balaban J connectivity index is 1.47. The van der Waals surface area contributed by atoms with Gasteiger partial charge in [0.1, 0.15) is 5.60 Å². The van der Waals surface area contributed by atoms with E-state index in [1.54, 1.807) is 26.4 Å². The molecule has 1 aromatic carbocycles. The van der Waals surface area contributed by atoms with Crippen LogP contribution in [0.4, 0.5) is 9.59 Å². The van der Waals surface area contributed by atoms with Gasteiger partial charge in [-0.25, -0.2) is 9.59 Å². The normalized spacial score (nSPS) is 23.2. The Kier molecular flexibility index (Phi) is 8.28. The monoisotopic (exact) mass is 475 g/mol. The number of amides is 4. The van der Waals surface area contributed by atoms with Gasteiger partial charge in [-0.2, -0.15) is 0 Å². The van der Waals surface area contributed by atoms with Gasteiger partial charge in [0, 0.05) is 18.5 Å². The predicted molar refractivity (Wildman–Crippen MR) is 127 cm³/mol. The summed E-state index contributed by atoms with van der Waals surface area (Å²) in [7, 11) is 3.11. The van der Waals surface area contributed by atoms with E-state index >= 15 is 0 Å². The van der Waals surface area contributed by atoms with E-state index in [0.717, 1.165) is 37.7 Å². The molecule has 1 saturated carbocycles. The fourth-order valence-corrected chi connectivity index (χ4v) is 4.62. The molecule has 2 N–H and O–H groups in total. The molecule has 0 radical (unpaired) electrons. The number of nitrogens with zero attached hydrogens (tertiary/aromatic N) is 1. The standard InChI is InChI=1S/C25H37N3O6/c1-25(2,3)34-24(31)27-18-9-6-16(7-10-18)12-19-14-22(29)28(23(30)26-19)15-17-8-11-20(32-4)21(13-17)33-5/h8,11,13,16,18-19H,6-7,9-10,12,14-15H2,1-5H3,(H,26,30)(H,27,31)/t16?,18?,19-/m0/s1. The fraction of sp³-hybridized carbons (Fsp3) is 0.640. The van der Waals surface area contributed by atoms with Gasteiger partial charge in [0.15, 0.2) is 11.5 Å². The topological polar surface area (TPSA) is 106 Å². The van der Waals surface area contributed by atoms with E-state index in [1.165, 1.54) is 4.90 Å². The van der Waals surface area contributed by atoms with Crippen LogP contribution in [-0.2, 0) is 16.1 Å². The van der Waals surface area contributed by atoms with Crippen molar-refractivity contribution in [2.75, 3.05) is 14.2 Å². The second-order valence-electron chi connectivity index (χ2n) is 10.1. The summed E-state index contributed by atoms with van der Waals surface area (Å²) in [4.78, 5) is 38.7. The van der Waals surface area contributed by atoms with Crippen LogP contribution in [0.15, 0.2) is 18.2 Å². The molecular formula is C25H37N3O6. The van der Waals surface area contributed by atoms with Crippen molar-refractivity contribution in [3.63, 3.8) is 0 Å². The van der Waals surface area contributed by atoms with E-state index < -0.39 is 5.60 Å². The number of hydrogen-bond acceptors (Lipinski definition) is 6. The number of urea groups is 1. The Hall–Kier alpha value is -2.97. The molecular weight excluding hydrogens is 438 g/mol. The lowest BCUT2D eigenvalue weighted by atomic mass is 9.81. The maximum Gasteiger partial charge on any atom is 0.407 e. The number of methoxy groups -OCH3 is 2. The third-order valence-electron chi connectivity index (χ3n) is 6.27. The van der Waals surface area contributed by atoms with E-state index in [2.05, 4.69) is 10.6 Å². The van der Waals surface area contributed by atoms with Gasteiger partial charge in [-0.15, -0.1) is 0 Å². The lowest BCUT2D eigenvalue weighted by Gasteiger charge is -2.35. The summed E-state index contributed by atoms with van der Waals surface area (Å²) in [6, 6.07) is 4.92. The molecule has 1 aliphatic heterocycles. The summed E-state index contributed by atoms with van der Waals surface area (Å²) < 4.78 is 15.9. The van der Waals surface area contributed by atoms with E-state index in [-0.39, 0.29) is 43.1 Å². The fourth-order valence-electron chi connectivity index (χ4n) is 4.62. The highest BCUT2D eigenvalue weighted by Crippen LogP contribution is 2.31. The Morgan fingerprint density at radius 2 is 1.76 bits per heavy atom. The number of imide groups is 1. The van der Waals surface area contributed by atoms with E-state index in [1.807, 2.05) is 26.8 Å². The number of rotatable bonds is 7. The molecule has 1 aliphatic carbocycles. The zero-order valence-corrected chi connectivity index (χ0v) is 20.8. The lowest BCUT2D eigenvalue weighted by Crippen LogP contribution is -2.54. The molecule has 4 amide bonds. The van der Waals surface area contributed by atoms with Gasteiger partial charge in [-0.1, -0.05) is 6.07 Å². The molecule has 0 unspecified atom stereocenters. The highest BCUT2D eigenvalue weighted by Gasteiger charge is 2.34. The van der Waals surface area contributed by atoms with Crippen LogP contribution < -0.4 is 20.1 Å². The number of carbonyl (C=O) groups is 3. The summed E-state index contributed by atoms with van der Waals surface area (Å²) >= 11 is 0. The molecule has 2 fully saturated rings. The molecule has 0 spiro atoms. The third-order valence-corrected chi connectivity index (χ3v) is 6.27. The molecule has 9 nitrogen and oxygen atoms in total. The number of carbonyl (C=O) groups excluding carboxylic acids is 3. The van der Waals surface area contributed by atoms with Crippen molar-refractivity contribution >= 4 is 18.0 Å². The highest BCUT2D eigenvalue weighted by atomic mass is 16.6. The van der Waals surface area contributed by atoms with Crippen LogP contribution in [0.1, 0.15) is 64.9 Å². The molecule has 0 bridgehead atoms. The van der Waals surface area contributed by atoms with Crippen LogP contribution in [0.3, 0.4) is 0 Å². The van der Waals surface area contributed by atoms with Crippen molar-refractivity contribution < 1.29 is 28.6 Å². The van der Waals surface area contributed by atoms with Crippen molar-refractivity contribution in [2.24, 2.45) is 5.92 Å². The van der Waals surface area contributed by atoms with Gasteiger partial charge in [-0.05, 0) is 76.5 Å². The molecule has 188 valence electrons. The molecule has 1 saturated heterocycles. The van der Waals surface area contributed by atoms with Gasteiger partial charge < -0.3 is 24.8 Å². The van der Waals surface area contributed by atoms with Crippen molar-refractivity contribution in [3.8, 4) is 11.5 Å². The first-order chi connectivity index (χ1) is 16.1. The summed E-state index contributed by atoms with van der Waals surface area (Å²) in [6.45, 7) is 5.72. The summed E-state index contributed by atoms with van der Waals surface area (Å²) in [5.41, 5.74) is 0.274. The molecule has 1 heterocycles.